The summed E-state index contributed by atoms with van der Waals surface area (Å²) in [5.41, 5.74) is 2.57. The fourth-order valence-electron chi connectivity index (χ4n) is 1.84. The van der Waals surface area contributed by atoms with E-state index in [0.29, 0.717) is 13.0 Å². The molecule has 3 nitrogen and oxygen atoms in total. The van der Waals surface area contributed by atoms with Crippen molar-refractivity contribution in [1.29, 1.82) is 0 Å². The number of hydrogen-bond donors (Lipinski definition) is 1. The first kappa shape index (κ1) is 15.7. The van der Waals surface area contributed by atoms with Crippen LogP contribution in [0.2, 0.25) is 0 Å². The molecule has 0 unspecified atom stereocenters. The summed E-state index contributed by atoms with van der Waals surface area (Å²) in [5, 5.41) is 2.92. The Bertz CT molecular complexity index is 360. The molecule has 106 valence electrons. The third-order valence-corrected chi connectivity index (χ3v) is 2.98. The monoisotopic (exact) mass is 263 g/mol. The SMILES string of the molecule is CCOCCCNC(=O)CCCc1ccc(C)cc1. The van der Waals surface area contributed by atoms with Crippen LogP contribution in [0.3, 0.4) is 0 Å². The van der Waals surface area contributed by atoms with Crippen LogP contribution in [0.15, 0.2) is 24.3 Å². The van der Waals surface area contributed by atoms with Crippen LogP contribution in [-0.2, 0) is 16.0 Å². The normalized spacial score (nSPS) is 10.4. The second kappa shape index (κ2) is 9.56. The summed E-state index contributed by atoms with van der Waals surface area (Å²) in [7, 11) is 0. The van der Waals surface area contributed by atoms with Gasteiger partial charge in [-0.25, -0.2) is 0 Å². The highest BCUT2D eigenvalue weighted by atomic mass is 16.5. The Labute approximate surface area is 116 Å². The number of rotatable bonds is 9. The molecule has 1 rings (SSSR count). The number of benzene rings is 1. The van der Waals surface area contributed by atoms with Crippen LogP contribution in [-0.4, -0.2) is 25.7 Å². The molecule has 0 bridgehead atoms. The predicted molar refractivity (Wildman–Crippen MR) is 78.2 cm³/mol. The zero-order valence-corrected chi connectivity index (χ0v) is 12.1. The van der Waals surface area contributed by atoms with Gasteiger partial charge < -0.3 is 10.1 Å². The van der Waals surface area contributed by atoms with Crippen molar-refractivity contribution in [3.8, 4) is 0 Å². The molecule has 0 radical (unpaired) electrons. The summed E-state index contributed by atoms with van der Waals surface area (Å²) in [6.45, 7) is 6.23. The minimum atomic E-state index is 0.142. The Morgan fingerprint density at radius 2 is 1.95 bits per heavy atom. The van der Waals surface area contributed by atoms with Crippen LogP contribution in [0.1, 0.15) is 37.3 Å². The maximum absolute atomic E-state index is 11.6. The van der Waals surface area contributed by atoms with Gasteiger partial charge in [0.15, 0.2) is 0 Å². The summed E-state index contributed by atoms with van der Waals surface area (Å²) in [6.07, 6.45) is 3.35. The number of nitrogens with one attached hydrogen (secondary N) is 1. The minimum Gasteiger partial charge on any atom is -0.382 e. The van der Waals surface area contributed by atoms with E-state index in [1.54, 1.807) is 0 Å². The lowest BCUT2D eigenvalue weighted by Gasteiger charge is -2.05. The molecule has 0 spiro atoms. The molecule has 1 amide bonds. The van der Waals surface area contributed by atoms with Crippen molar-refractivity contribution in [2.24, 2.45) is 0 Å². The molecule has 3 heteroatoms. The first-order chi connectivity index (χ1) is 9.22. The van der Waals surface area contributed by atoms with Crippen LogP contribution < -0.4 is 5.32 Å². The van der Waals surface area contributed by atoms with E-state index in [4.69, 9.17) is 4.74 Å². The minimum absolute atomic E-state index is 0.142. The maximum Gasteiger partial charge on any atom is 0.220 e. The van der Waals surface area contributed by atoms with Crippen LogP contribution in [0, 0.1) is 6.92 Å². The summed E-state index contributed by atoms with van der Waals surface area (Å²) >= 11 is 0. The average Bonchev–Trinajstić information content (AvgIpc) is 2.41. The maximum atomic E-state index is 11.6. The molecule has 19 heavy (non-hydrogen) atoms. The van der Waals surface area contributed by atoms with E-state index in [1.165, 1.54) is 11.1 Å². The number of carbonyl (C=O) groups is 1. The van der Waals surface area contributed by atoms with Gasteiger partial charge in [-0.15, -0.1) is 0 Å². The van der Waals surface area contributed by atoms with Gasteiger partial charge >= 0.3 is 0 Å². The molecule has 0 fully saturated rings. The van der Waals surface area contributed by atoms with Gasteiger partial charge in [0.2, 0.25) is 5.91 Å². The van der Waals surface area contributed by atoms with Crippen molar-refractivity contribution >= 4 is 5.91 Å². The molecule has 0 aromatic heterocycles. The Balaban J connectivity index is 2.05. The predicted octanol–water partition coefficient (Wildman–Crippen LogP) is 2.86. The Morgan fingerprint density at radius 1 is 1.21 bits per heavy atom. The topological polar surface area (TPSA) is 38.3 Å². The highest BCUT2D eigenvalue weighted by Crippen LogP contribution is 2.07. The third-order valence-electron chi connectivity index (χ3n) is 2.98. The van der Waals surface area contributed by atoms with E-state index in [0.717, 1.165) is 32.5 Å². The van der Waals surface area contributed by atoms with E-state index in [1.807, 2.05) is 6.92 Å². The summed E-state index contributed by atoms with van der Waals surface area (Å²) < 4.78 is 5.21. The van der Waals surface area contributed by atoms with Gasteiger partial charge in [0.1, 0.15) is 0 Å². The summed E-state index contributed by atoms with van der Waals surface area (Å²) in [4.78, 5) is 11.6. The van der Waals surface area contributed by atoms with Crippen molar-refractivity contribution < 1.29 is 9.53 Å². The van der Waals surface area contributed by atoms with Gasteiger partial charge in [0.05, 0.1) is 0 Å². The second-order valence-corrected chi connectivity index (χ2v) is 4.74. The highest BCUT2D eigenvalue weighted by molar-refractivity contribution is 5.75. The summed E-state index contributed by atoms with van der Waals surface area (Å²) in [6, 6.07) is 8.50. The highest BCUT2D eigenvalue weighted by Gasteiger charge is 2.01. The zero-order valence-electron chi connectivity index (χ0n) is 12.1. The second-order valence-electron chi connectivity index (χ2n) is 4.74. The van der Waals surface area contributed by atoms with Crippen LogP contribution >= 0.6 is 0 Å². The molecule has 0 aliphatic heterocycles. The van der Waals surface area contributed by atoms with E-state index in [2.05, 4.69) is 36.5 Å². The van der Waals surface area contributed by atoms with Gasteiger partial charge in [-0.05, 0) is 38.7 Å². The van der Waals surface area contributed by atoms with E-state index in [9.17, 15) is 4.79 Å². The molecule has 0 aliphatic carbocycles. The lowest BCUT2D eigenvalue weighted by atomic mass is 10.1. The van der Waals surface area contributed by atoms with Crippen molar-refractivity contribution in [2.45, 2.75) is 39.5 Å². The number of amides is 1. The Morgan fingerprint density at radius 3 is 2.63 bits per heavy atom. The molecule has 1 aromatic carbocycles. The van der Waals surface area contributed by atoms with Gasteiger partial charge in [-0.2, -0.15) is 0 Å². The number of carbonyl (C=O) groups excluding carboxylic acids is 1. The Kier molecular flexibility index (Phi) is 7.91. The molecule has 0 atom stereocenters. The molecule has 1 N–H and O–H groups in total. The van der Waals surface area contributed by atoms with Crippen LogP contribution in [0.5, 0.6) is 0 Å². The van der Waals surface area contributed by atoms with Crippen LogP contribution in [0.25, 0.3) is 0 Å². The zero-order chi connectivity index (χ0) is 13.9. The fourth-order valence-corrected chi connectivity index (χ4v) is 1.84. The van der Waals surface area contributed by atoms with Crippen molar-refractivity contribution in [2.75, 3.05) is 19.8 Å². The van der Waals surface area contributed by atoms with Gasteiger partial charge in [0, 0.05) is 26.2 Å². The molecule has 1 aromatic rings. The van der Waals surface area contributed by atoms with Crippen molar-refractivity contribution in [3.05, 3.63) is 35.4 Å². The van der Waals surface area contributed by atoms with Crippen molar-refractivity contribution in [1.82, 2.24) is 5.32 Å². The standard InChI is InChI=1S/C16H25NO2/c1-3-19-13-5-12-17-16(18)7-4-6-15-10-8-14(2)9-11-15/h8-11H,3-7,12-13H2,1-2H3,(H,17,18). The van der Waals surface area contributed by atoms with Gasteiger partial charge in [0.25, 0.3) is 0 Å². The largest absolute Gasteiger partial charge is 0.382 e. The van der Waals surface area contributed by atoms with Crippen molar-refractivity contribution in [3.63, 3.8) is 0 Å². The first-order valence-corrected chi connectivity index (χ1v) is 7.12. The van der Waals surface area contributed by atoms with Gasteiger partial charge in [-0.1, -0.05) is 29.8 Å². The lowest BCUT2D eigenvalue weighted by molar-refractivity contribution is -0.121. The van der Waals surface area contributed by atoms with E-state index in [-0.39, 0.29) is 5.91 Å². The summed E-state index contributed by atoms with van der Waals surface area (Å²) in [5.74, 6) is 0.142. The molecule has 0 heterocycles. The molecule has 0 saturated heterocycles. The van der Waals surface area contributed by atoms with Gasteiger partial charge in [-0.3, -0.25) is 4.79 Å². The lowest BCUT2D eigenvalue weighted by Crippen LogP contribution is -2.25. The first-order valence-electron chi connectivity index (χ1n) is 7.12. The average molecular weight is 263 g/mol. The van der Waals surface area contributed by atoms with E-state index < -0.39 is 0 Å². The number of ether oxygens (including phenoxy) is 1. The number of aryl methyl sites for hydroxylation is 2. The fraction of sp³-hybridized carbons (Fsp3) is 0.562. The molecular formula is C16H25NO2. The smallest absolute Gasteiger partial charge is 0.220 e. The quantitative estimate of drug-likeness (QED) is 0.696. The molecule has 0 aliphatic rings. The molecular weight excluding hydrogens is 238 g/mol. The third kappa shape index (κ3) is 7.62. The van der Waals surface area contributed by atoms with E-state index >= 15 is 0 Å². The Hall–Kier alpha value is -1.35. The van der Waals surface area contributed by atoms with Crippen LogP contribution in [0.4, 0.5) is 0 Å². The number of hydrogen-bond acceptors (Lipinski definition) is 2. The molecule has 0 saturated carbocycles.